The third kappa shape index (κ3) is 5.29. The summed E-state index contributed by atoms with van der Waals surface area (Å²) in [5.74, 6) is 0.883. The van der Waals surface area contributed by atoms with Crippen molar-refractivity contribution >= 4 is 0 Å². The van der Waals surface area contributed by atoms with Gasteiger partial charge in [0.1, 0.15) is 5.75 Å². The zero-order chi connectivity index (χ0) is 14.1. The van der Waals surface area contributed by atoms with Crippen LogP contribution in [0.15, 0.2) is 24.3 Å². The first kappa shape index (κ1) is 15.5. The molecule has 1 N–H and O–H groups in total. The van der Waals surface area contributed by atoms with Crippen LogP contribution in [0.25, 0.3) is 0 Å². The van der Waals surface area contributed by atoms with Crippen molar-refractivity contribution in [1.82, 2.24) is 10.2 Å². The quantitative estimate of drug-likeness (QED) is 0.729. The number of methoxy groups -OCH3 is 1. The molecule has 19 heavy (non-hydrogen) atoms. The topological polar surface area (TPSA) is 48.3 Å². The second-order valence-corrected chi connectivity index (χ2v) is 4.72. The van der Waals surface area contributed by atoms with Crippen molar-refractivity contribution in [3.05, 3.63) is 29.8 Å². The van der Waals surface area contributed by atoms with Crippen LogP contribution in [0.3, 0.4) is 0 Å². The van der Waals surface area contributed by atoms with Crippen LogP contribution in [0, 0.1) is 11.3 Å². The van der Waals surface area contributed by atoms with Crippen molar-refractivity contribution < 1.29 is 4.74 Å². The Hall–Kier alpha value is -1.57. The second kappa shape index (κ2) is 8.52. The Morgan fingerprint density at radius 3 is 2.84 bits per heavy atom. The zero-order valence-electron chi connectivity index (χ0n) is 12.0. The van der Waals surface area contributed by atoms with Crippen LogP contribution >= 0.6 is 0 Å². The number of rotatable bonds is 8. The van der Waals surface area contributed by atoms with Gasteiger partial charge in [0, 0.05) is 19.0 Å². The summed E-state index contributed by atoms with van der Waals surface area (Å²) in [6.07, 6.45) is 1.51. The Balaban J connectivity index is 2.59. The van der Waals surface area contributed by atoms with E-state index in [1.54, 1.807) is 7.11 Å². The standard InChI is InChI=1S/C15H23N3O/c1-18(2)15(12-17-10-5-4-9-16)13-7-6-8-14(11-13)19-3/h6-8,11,15,17H,4-5,10,12H2,1-3H3. The summed E-state index contributed by atoms with van der Waals surface area (Å²) >= 11 is 0. The van der Waals surface area contributed by atoms with Gasteiger partial charge in [0.05, 0.1) is 13.2 Å². The lowest BCUT2D eigenvalue weighted by molar-refractivity contribution is 0.288. The Bertz CT molecular complexity index is 412. The van der Waals surface area contributed by atoms with Gasteiger partial charge in [-0.15, -0.1) is 0 Å². The largest absolute Gasteiger partial charge is 0.497 e. The molecule has 1 aromatic rings. The molecule has 0 aliphatic heterocycles. The number of ether oxygens (including phenoxy) is 1. The van der Waals surface area contributed by atoms with Crippen LogP contribution in [0.5, 0.6) is 5.75 Å². The lowest BCUT2D eigenvalue weighted by Gasteiger charge is -2.25. The van der Waals surface area contributed by atoms with E-state index in [-0.39, 0.29) is 0 Å². The zero-order valence-corrected chi connectivity index (χ0v) is 12.0. The predicted molar refractivity (Wildman–Crippen MR) is 77.1 cm³/mol. The van der Waals surface area contributed by atoms with Gasteiger partial charge in [0.2, 0.25) is 0 Å². The first-order valence-corrected chi connectivity index (χ1v) is 6.57. The lowest BCUT2D eigenvalue weighted by atomic mass is 10.1. The second-order valence-electron chi connectivity index (χ2n) is 4.72. The highest BCUT2D eigenvalue weighted by molar-refractivity contribution is 5.30. The van der Waals surface area contributed by atoms with Gasteiger partial charge in [-0.2, -0.15) is 5.26 Å². The van der Waals surface area contributed by atoms with Gasteiger partial charge in [-0.1, -0.05) is 12.1 Å². The SMILES string of the molecule is COc1cccc(C(CNCCCC#N)N(C)C)c1. The summed E-state index contributed by atoms with van der Waals surface area (Å²) in [6.45, 7) is 1.74. The summed E-state index contributed by atoms with van der Waals surface area (Å²) in [7, 11) is 5.83. The molecule has 0 saturated carbocycles. The van der Waals surface area contributed by atoms with Gasteiger partial charge in [-0.3, -0.25) is 0 Å². The number of likely N-dealkylation sites (N-methyl/N-ethyl adjacent to an activating group) is 1. The fraction of sp³-hybridized carbons (Fsp3) is 0.533. The number of nitrogens with one attached hydrogen (secondary N) is 1. The normalized spacial score (nSPS) is 12.2. The van der Waals surface area contributed by atoms with Crippen molar-refractivity contribution in [3.8, 4) is 11.8 Å². The number of nitriles is 1. The van der Waals surface area contributed by atoms with E-state index >= 15 is 0 Å². The number of benzene rings is 1. The Labute approximate surface area is 116 Å². The first-order valence-electron chi connectivity index (χ1n) is 6.57. The fourth-order valence-electron chi connectivity index (χ4n) is 1.98. The molecule has 0 amide bonds. The summed E-state index contributed by atoms with van der Waals surface area (Å²) < 4.78 is 5.27. The molecule has 0 saturated heterocycles. The van der Waals surface area contributed by atoms with E-state index in [2.05, 4.69) is 42.5 Å². The molecule has 1 aromatic carbocycles. The maximum Gasteiger partial charge on any atom is 0.119 e. The molecule has 4 heteroatoms. The summed E-state index contributed by atoms with van der Waals surface area (Å²) in [5.41, 5.74) is 1.23. The molecule has 0 spiro atoms. The van der Waals surface area contributed by atoms with Crippen molar-refractivity contribution in [3.63, 3.8) is 0 Å². The Kier molecular flexibility index (Phi) is 6.94. The van der Waals surface area contributed by atoms with Gasteiger partial charge in [0.25, 0.3) is 0 Å². The van der Waals surface area contributed by atoms with E-state index in [1.165, 1.54) is 5.56 Å². The van der Waals surface area contributed by atoms with Crippen LogP contribution < -0.4 is 10.1 Å². The van der Waals surface area contributed by atoms with Crippen molar-refractivity contribution in [2.45, 2.75) is 18.9 Å². The third-order valence-corrected chi connectivity index (χ3v) is 3.08. The van der Waals surface area contributed by atoms with Crippen LogP contribution in [-0.4, -0.2) is 39.2 Å². The smallest absolute Gasteiger partial charge is 0.119 e. The summed E-state index contributed by atoms with van der Waals surface area (Å²) in [5, 5.41) is 11.9. The van der Waals surface area contributed by atoms with Crippen molar-refractivity contribution in [2.75, 3.05) is 34.3 Å². The van der Waals surface area contributed by atoms with Crippen LogP contribution in [0.2, 0.25) is 0 Å². The molecule has 4 nitrogen and oxygen atoms in total. The molecule has 0 bridgehead atoms. The number of hydrogen-bond donors (Lipinski definition) is 1. The summed E-state index contributed by atoms with van der Waals surface area (Å²) in [4.78, 5) is 2.19. The maximum absolute atomic E-state index is 8.50. The number of hydrogen-bond acceptors (Lipinski definition) is 4. The van der Waals surface area contributed by atoms with Crippen LogP contribution in [0.4, 0.5) is 0 Å². The summed E-state index contributed by atoms with van der Waals surface area (Å²) in [6, 6.07) is 10.6. The van der Waals surface area contributed by atoms with Gasteiger partial charge < -0.3 is 15.0 Å². The fourth-order valence-corrected chi connectivity index (χ4v) is 1.98. The molecule has 0 heterocycles. The molecule has 1 rings (SSSR count). The van der Waals surface area contributed by atoms with Gasteiger partial charge >= 0.3 is 0 Å². The Morgan fingerprint density at radius 2 is 2.21 bits per heavy atom. The minimum atomic E-state index is 0.303. The van der Waals surface area contributed by atoms with Gasteiger partial charge in [0.15, 0.2) is 0 Å². The minimum Gasteiger partial charge on any atom is -0.497 e. The molecule has 1 unspecified atom stereocenters. The van der Waals surface area contributed by atoms with Gasteiger partial charge in [-0.25, -0.2) is 0 Å². The molecule has 0 aliphatic carbocycles. The molecule has 0 radical (unpaired) electrons. The van der Waals surface area contributed by atoms with E-state index < -0.39 is 0 Å². The first-order chi connectivity index (χ1) is 9.19. The maximum atomic E-state index is 8.50. The van der Waals surface area contributed by atoms with Gasteiger partial charge in [-0.05, 0) is 44.8 Å². The molecule has 1 atom stereocenters. The molecule has 0 aromatic heterocycles. The van der Waals surface area contributed by atoms with E-state index in [0.29, 0.717) is 12.5 Å². The molecule has 0 fully saturated rings. The average Bonchev–Trinajstić information content (AvgIpc) is 2.42. The highest BCUT2D eigenvalue weighted by Crippen LogP contribution is 2.21. The van der Waals surface area contributed by atoms with Crippen molar-refractivity contribution in [1.29, 1.82) is 5.26 Å². The number of unbranched alkanes of at least 4 members (excludes halogenated alkanes) is 1. The van der Waals surface area contributed by atoms with E-state index in [1.807, 2.05) is 12.1 Å². The molecular formula is C15H23N3O. The lowest BCUT2D eigenvalue weighted by Crippen LogP contribution is -2.31. The van der Waals surface area contributed by atoms with E-state index in [0.717, 1.165) is 25.3 Å². The van der Waals surface area contributed by atoms with E-state index in [9.17, 15) is 0 Å². The third-order valence-electron chi connectivity index (χ3n) is 3.08. The molecule has 0 aliphatic rings. The minimum absolute atomic E-state index is 0.303. The van der Waals surface area contributed by atoms with Crippen molar-refractivity contribution in [2.24, 2.45) is 0 Å². The highest BCUT2D eigenvalue weighted by atomic mass is 16.5. The Morgan fingerprint density at radius 1 is 1.42 bits per heavy atom. The highest BCUT2D eigenvalue weighted by Gasteiger charge is 2.13. The van der Waals surface area contributed by atoms with Crippen LogP contribution in [0.1, 0.15) is 24.4 Å². The number of nitrogens with zero attached hydrogens (tertiary/aromatic N) is 2. The molecular weight excluding hydrogens is 238 g/mol. The molecule has 104 valence electrons. The predicted octanol–water partition coefficient (Wildman–Crippen LogP) is 2.19. The van der Waals surface area contributed by atoms with Crippen LogP contribution in [-0.2, 0) is 0 Å². The average molecular weight is 261 g/mol. The monoisotopic (exact) mass is 261 g/mol. The van der Waals surface area contributed by atoms with E-state index in [4.69, 9.17) is 10.00 Å².